The first-order valence-corrected chi connectivity index (χ1v) is 6.73. The van der Waals surface area contributed by atoms with Gasteiger partial charge in [-0.15, -0.1) is 0 Å². The zero-order chi connectivity index (χ0) is 11.6. The van der Waals surface area contributed by atoms with Crippen LogP contribution in [0.25, 0.3) is 0 Å². The molecule has 1 unspecified atom stereocenters. The molecule has 1 saturated heterocycles. The molecule has 16 heavy (non-hydrogen) atoms. The van der Waals surface area contributed by atoms with Crippen LogP contribution in [0.4, 0.5) is 4.39 Å². The van der Waals surface area contributed by atoms with E-state index < -0.39 is 0 Å². The molecular formula is C12H13BrClFO. The molecule has 88 valence electrons. The van der Waals surface area contributed by atoms with Gasteiger partial charge in [0.15, 0.2) is 0 Å². The van der Waals surface area contributed by atoms with E-state index in [1.807, 2.05) is 0 Å². The van der Waals surface area contributed by atoms with Crippen molar-refractivity contribution in [3.05, 3.63) is 34.6 Å². The van der Waals surface area contributed by atoms with Crippen LogP contribution in [-0.2, 0) is 11.2 Å². The molecule has 1 aromatic carbocycles. The highest BCUT2D eigenvalue weighted by Crippen LogP contribution is 2.36. The maximum absolute atomic E-state index is 13.1. The van der Waals surface area contributed by atoms with Crippen molar-refractivity contribution in [2.75, 3.05) is 18.5 Å². The summed E-state index contributed by atoms with van der Waals surface area (Å²) >= 11 is 9.59. The Labute approximate surface area is 108 Å². The zero-order valence-corrected chi connectivity index (χ0v) is 11.2. The summed E-state index contributed by atoms with van der Waals surface area (Å²) in [6.07, 6.45) is 1.75. The first-order valence-electron chi connectivity index (χ1n) is 5.23. The van der Waals surface area contributed by atoms with Gasteiger partial charge in [-0.3, -0.25) is 0 Å². The van der Waals surface area contributed by atoms with E-state index in [0.29, 0.717) is 11.6 Å². The number of benzene rings is 1. The molecule has 0 aliphatic carbocycles. The van der Waals surface area contributed by atoms with E-state index in [9.17, 15) is 4.39 Å². The monoisotopic (exact) mass is 306 g/mol. The van der Waals surface area contributed by atoms with Gasteiger partial charge in [0.25, 0.3) is 0 Å². The van der Waals surface area contributed by atoms with Gasteiger partial charge >= 0.3 is 0 Å². The van der Waals surface area contributed by atoms with E-state index in [1.54, 1.807) is 6.07 Å². The van der Waals surface area contributed by atoms with Crippen molar-refractivity contribution in [2.24, 2.45) is 5.41 Å². The number of hydrogen-bond acceptors (Lipinski definition) is 1. The number of rotatable bonds is 3. The molecule has 4 heteroatoms. The van der Waals surface area contributed by atoms with Crippen molar-refractivity contribution in [2.45, 2.75) is 12.8 Å². The number of halogens is 3. The highest BCUT2D eigenvalue weighted by molar-refractivity contribution is 9.09. The Kier molecular flexibility index (Phi) is 3.88. The summed E-state index contributed by atoms with van der Waals surface area (Å²) < 4.78 is 18.6. The highest BCUT2D eigenvalue weighted by atomic mass is 79.9. The molecule has 0 bridgehead atoms. The van der Waals surface area contributed by atoms with E-state index in [-0.39, 0.29) is 11.2 Å². The van der Waals surface area contributed by atoms with Gasteiger partial charge in [0.1, 0.15) is 5.82 Å². The summed E-state index contributed by atoms with van der Waals surface area (Å²) in [5, 5.41) is 1.49. The molecule has 1 nitrogen and oxygen atoms in total. The van der Waals surface area contributed by atoms with Crippen molar-refractivity contribution >= 4 is 27.5 Å². The van der Waals surface area contributed by atoms with Crippen LogP contribution >= 0.6 is 27.5 Å². The normalized spacial score (nSPS) is 24.9. The van der Waals surface area contributed by atoms with Crippen molar-refractivity contribution in [1.82, 2.24) is 0 Å². The minimum absolute atomic E-state index is 0.0669. The predicted molar refractivity (Wildman–Crippen MR) is 66.8 cm³/mol. The number of ether oxygens (including phenoxy) is 1. The summed E-state index contributed by atoms with van der Waals surface area (Å²) in [7, 11) is 0. The van der Waals surface area contributed by atoms with Crippen LogP contribution in [0, 0.1) is 11.2 Å². The molecule has 0 saturated carbocycles. The first-order chi connectivity index (χ1) is 7.65. The van der Waals surface area contributed by atoms with Crippen LogP contribution in [0.3, 0.4) is 0 Å². The summed E-state index contributed by atoms with van der Waals surface area (Å²) in [5.41, 5.74) is 0.934. The van der Waals surface area contributed by atoms with E-state index in [2.05, 4.69) is 15.9 Å². The Morgan fingerprint density at radius 2 is 2.31 bits per heavy atom. The molecule has 1 heterocycles. The van der Waals surface area contributed by atoms with Gasteiger partial charge in [-0.25, -0.2) is 4.39 Å². The molecule has 1 aliphatic rings. The fourth-order valence-electron chi connectivity index (χ4n) is 2.02. The van der Waals surface area contributed by atoms with Gasteiger partial charge in [-0.05, 0) is 36.6 Å². The fourth-order valence-corrected chi connectivity index (χ4v) is 2.85. The van der Waals surface area contributed by atoms with E-state index in [0.717, 1.165) is 30.3 Å². The molecule has 2 rings (SSSR count). The second kappa shape index (κ2) is 5.03. The average Bonchev–Trinajstić information content (AvgIpc) is 2.73. The van der Waals surface area contributed by atoms with Crippen LogP contribution in [-0.4, -0.2) is 18.5 Å². The van der Waals surface area contributed by atoms with Gasteiger partial charge in [-0.2, -0.15) is 0 Å². The van der Waals surface area contributed by atoms with Crippen molar-refractivity contribution < 1.29 is 9.13 Å². The van der Waals surface area contributed by atoms with Crippen LogP contribution in [0.1, 0.15) is 12.0 Å². The molecular weight excluding hydrogens is 294 g/mol. The molecule has 0 amide bonds. The van der Waals surface area contributed by atoms with Gasteiger partial charge in [0.05, 0.1) is 6.61 Å². The minimum Gasteiger partial charge on any atom is -0.381 e. The lowest BCUT2D eigenvalue weighted by Crippen LogP contribution is -2.26. The van der Waals surface area contributed by atoms with Crippen LogP contribution in [0.15, 0.2) is 18.2 Å². The van der Waals surface area contributed by atoms with Gasteiger partial charge in [0, 0.05) is 22.4 Å². The molecule has 0 spiro atoms. The molecule has 0 aromatic heterocycles. The summed E-state index contributed by atoms with van der Waals surface area (Å²) in [4.78, 5) is 0. The Morgan fingerprint density at radius 3 is 2.94 bits per heavy atom. The van der Waals surface area contributed by atoms with E-state index in [1.165, 1.54) is 12.1 Å². The largest absolute Gasteiger partial charge is 0.381 e. The van der Waals surface area contributed by atoms with E-state index in [4.69, 9.17) is 16.3 Å². The second-order valence-corrected chi connectivity index (χ2v) is 5.32. The maximum atomic E-state index is 13.1. The average molecular weight is 308 g/mol. The summed E-state index contributed by atoms with van der Waals surface area (Å²) in [6.45, 7) is 1.49. The molecule has 0 radical (unpaired) electrons. The third-order valence-corrected chi connectivity index (χ3v) is 4.60. The molecule has 1 atom stereocenters. The molecule has 1 aromatic rings. The third-order valence-electron chi connectivity index (χ3n) is 3.04. The van der Waals surface area contributed by atoms with Gasteiger partial charge in [-0.1, -0.05) is 27.5 Å². The first kappa shape index (κ1) is 12.3. The highest BCUT2D eigenvalue weighted by Gasteiger charge is 2.34. The lowest BCUT2D eigenvalue weighted by molar-refractivity contribution is 0.162. The van der Waals surface area contributed by atoms with Crippen LogP contribution < -0.4 is 0 Å². The SMILES string of the molecule is Fc1ccc(Cl)c(CC2(CBr)CCOC2)c1. The molecule has 1 fully saturated rings. The Bertz CT molecular complexity index is 377. The van der Waals surface area contributed by atoms with Crippen molar-refractivity contribution in [3.8, 4) is 0 Å². The zero-order valence-electron chi connectivity index (χ0n) is 8.81. The third kappa shape index (κ3) is 2.58. The maximum Gasteiger partial charge on any atom is 0.123 e. The Hall–Kier alpha value is -0.120. The smallest absolute Gasteiger partial charge is 0.123 e. The molecule has 1 aliphatic heterocycles. The van der Waals surface area contributed by atoms with Crippen molar-refractivity contribution in [1.29, 1.82) is 0 Å². The topological polar surface area (TPSA) is 9.23 Å². The second-order valence-electron chi connectivity index (χ2n) is 4.35. The predicted octanol–water partition coefficient (Wildman–Crippen LogP) is 3.82. The van der Waals surface area contributed by atoms with Gasteiger partial charge in [0.2, 0.25) is 0 Å². The minimum atomic E-state index is -0.233. The summed E-state index contributed by atoms with van der Waals surface area (Å²) in [6, 6.07) is 4.52. The Morgan fingerprint density at radius 1 is 1.50 bits per heavy atom. The van der Waals surface area contributed by atoms with Crippen LogP contribution in [0.5, 0.6) is 0 Å². The van der Waals surface area contributed by atoms with Crippen molar-refractivity contribution in [3.63, 3.8) is 0 Å². The summed E-state index contributed by atoms with van der Waals surface area (Å²) in [5.74, 6) is -0.233. The number of alkyl halides is 1. The number of hydrogen-bond donors (Lipinski definition) is 0. The van der Waals surface area contributed by atoms with Gasteiger partial charge < -0.3 is 4.74 Å². The lowest BCUT2D eigenvalue weighted by atomic mass is 9.83. The lowest BCUT2D eigenvalue weighted by Gasteiger charge is -2.25. The van der Waals surface area contributed by atoms with E-state index >= 15 is 0 Å². The quantitative estimate of drug-likeness (QED) is 0.771. The molecule has 0 N–H and O–H groups in total. The standard InChI is InChI=1S/C12H13BrClFO/c13-7-12(3-4-16-8-12)6-9-5-10(15)1-2-11(9)14/h1-2,5H,3-4,6-8H2. The fraction of sp³-hybridized carbons (Fsp3) is 0.500. The Balaban J connectivity index is 2.21. The van der Waals surface area contributed by atoms with Crippen LogP contribution in [0.2, 0.25) is 5.02 Å².